The molecule has 37 heavy (non-hydrogen) atoms. The van der Waals surface area contributed by atoms with Crippen molar-refractivity contribution >= 4 is 44.5 Å². The lowest BCUT2D eigenvalue weighted by molar-refractivity contribution is -0.112. The summed E-state index contributed by atoms with van der Waals surface area (Å²) in [6.45, 7) is 5.42. The first-order chi connectivity index (χ1) is 17.5. The third kappa shape index (κ3) is 7.22. The Morgan fingerprint density at radius 3 is 2.49 bits per heavy atom. The first kappa shape index (κ1) is 27.5. The molecule has 0 aliphatic carbocycles. The molecule has 0 aliphatic rings. The van der Waals surface area contributed by atoms with Gasteiger partial charge in [-0.25, -0.2) is 13.2 Å². The number of nitriles is 1. The summed E-state index contributed by atoms with van der Waals surface area (Å²) in [6.07, 6.45) is 1.31. The second-order valence-electron chi connectivity index (χ2n) is 8.35. The SMILES string of the molecule is COc1cc(/C=C(/C#N)C(=O)Nc2nc(S(=O)(=O)CC(C)C)ns2)ccc1OC(=O)c1ccc(C)cc1. The Bertz CT molecular complexity index is 1490. The van der Waals surface area contributed by atoms with Crippen LogP contribution < -0.4 is 14.8 Å². The van der Waals surface area contributed by atoms with Crippen molar-refractivity contribution in [2.45, 2.75) is 25.9 Å². The van der Waals surface area contributed by atoms with Crippen molar-refractivity contribution in [3.05, 3.63) is 64.7 Å². The number of amides is 1. The van der Waals surface area contributed by atoms with Gasteiger partial charge in [-0.05, 0) is 48.7 Å². The van der Waals surface area contributed by atoms with E-state index in [1.165, 1.54) is 25.3 Å². The number of nitrogens with zero attached hydrogens (tertiary/aromatic N) is 3. The van der Waals surface area contributed by atoms with Gasteiger partial charge in [-0.1, -0.05) is 37.6 Å². The van der Waals surface area contributed by atoms with E-state index >= 15 is 0 Å². The van der Waals surface area contributed by atoms with Crippen molar-refractivity contribution in [1.82, 2.24) is 9.36 Å². The Balaban J connectivity index is 1.76. The zero-order chi connectivity index (χ0) is 27.2. The molecule has 1 amide bonds. The Morgan fingerprint density at radius 1 is 1.16 bits per heavy atom. The second kappa shape index (κ2) is 11.8. The maximum Gasteiger partial charge on any atom is 0.343 e. The van der Waals surface area contributed by atoms with E-state index in [1.54, 1.807) is 50.2 Å². The van der Waals surface area contributed by atoms with Crippen molar-refractivity contribution in [3.8, 4) is 17.6 Å². The van der Waals surface area contributed by atoms with Crippen LogP contribution in [0.25, 0.3) is 6.08 Å². The molecule has 0 fully saturated rings. The van der Waals surface area contributed by atoms with Gasteiger partial charge in [0.25, 0.3) is 11.1 Å². The van der Waals surface area contributed by atoms with E-state index in [9.17, 15) is 23.3 Å². The van der Waals surface area contributed by atoms with Crippen molar-refractivity contribution in [2.75, 3.05) is 18.2 Å². The zero-order valence-electron chi connectivity index (χ0n) is 20.5. The van der Waals surface area contributed by atoms with Gasteiger partial charge in [0.1, 0.15) is 11.6 Å². The summed E-state index contributed by atoms with van der Waals surface area (Å²) >= 11 is 0.701. The molecule has 3 rings (SSSR count). The summed E-state index contributed by atoms with van der Waals surface area (Å²) < 4.78 is 39.1. The molecule has 0 unspecified atom stereocenters. The largest absolute Gasteiger partial charge is 0.493 e. The van der Waals surface area contributed by atoms with E-state index in [4.69, 9.17) is 9.47 Å². The van der Waals surface area contributed by atoms with Crippen molar-refractivity contribution in [1.29, 1.82) is 5.26 Å². The number of methoxy groups -OCH3 is 1. The van der Waals surface area contributed by atoms with Gasteiger partial charge < -0.3 is 9.47 Å². The third-order valence-corrected chi connectivity index (χ3v) is 7.40. The quantitative estimate of drug-likeness (QED) is 0.184. The van der Waals surface area contributed by atoms with Crippen molar-refractivity contribution in [3.63, 3.8) is 0 Å². The van der Waals surface area contributed by atoms with E-state index in [2.05, 4.69) is 14.7 Å². The fraction of sp³-hybridized carbons (Fsp3) is 0.240. The number of benzene rings is 2. The molecule has 12 heteroatoms. The third-order valence-electron chi connectivity index (χ3n) is 4.81. The van der Waals surface area contributed by atoms with Crippen molar-refractivity contribution in [2.24, 2.45) is 5.92 Å². The summed E-state index contributed by atoms with van der Waals surface area (Å²) in [5, 5.41) is 11.5. The molecule has 0 aliphatic heterocycles. The van der Waals surface area contributed by atoms with Crippen LogP contribution in [0.1, 0.15) is 35.3 Å². The maximum atomic E-state index is 12.6. The minimum absolute atomic E-state index is 0.0515. The molecule has 2 aromatic carbocycles. The Kier molecular flexibility index (Phi) is 8.75. The number of carbonyl (C=O) groups excluding carboxylic acids is 2. The fourth-order valence-electron chi connectivity index (χ4n) is 3.09. The molecule has 1 aromatic heterocycles. The maximum absolute atomic E-state index is 12.6. The van der Waals surface area contributed by atoms with Gasteiger partial charge in [-0.2, -0.15) is 14.6 Å². The summed E-state index contributed by atoms with van der Waals surface area (Å²) in [4.78, 5) is 28.9. The zero-order valence-corrected chi connectivity index (χ0v) is 22.1. The van der Waals surface area contributed by atoms with E-state index in [0.717, 1.165) is 5.56 Å². The van der Waals surface area contributed by atoms with Crippen LogP contribution in [0, 0.1) is 24.2 Å². The first-order valence-electron chi connectivity index (χ1n) is 11.0. The number of aryl methyl sites for hydroxylation is 1. The molecule has 0 spiro atoms. The average molecular weight is 541 g/mol. The Hall–Kier alpha value is -4.08. The highest BCUT2D eigenvalue weighted by Crippen LogP contribution is 2.30. The number of hydrogen-bond acceptors (Lipinski definition) is 10. The number of carbonyl (C=O) groups is 2. The molecule has 192 valence electrons. The standard InChI is InChI=1S/C25H24N4O6S2/c1-15(2)14-37(32,33)25-28-24(36-29-25)27-22(30)19(13-26)11-17-7-10-20(21(12-17)34-4)35-23(31)18-8-5-16(3)6-9-18/h5-12,15H,14H2,1-4H3,(H,27,28,29,30)/b19-11-. The lowest BCUT2D eigenvalue weighted by Gasteiger charge is -2.10. The molecule has 1 N–H and O–H groups in total. The molecule has 3 aromatic rings. The highest BCUT2D eigenvalue weighted by atomic mass is 32.2. The lowest BCUT2D eigenvalue weighted by atomic mass is 10.1. The van der Waals surface area contributed by atoms with Gasteiger partial charge in [0, 0.05) is 11.5 Å². The number of rotatable bonds is 9. The van der Waals surface area contributed by atoms with Crippen LogP contribution in [0.15, 0.2) is 53.2 Å². The van der Waals surface area contributed by atoms with Crippen molar-refractivity contribution < 1.29 is 27.5 Å². The van der Waals surface area contributed by atoms with Crippen LogP contribution in [0.4, 0.5) is 5.13 Å². The molecular formula is C25H24N4O6S2. The summed E-state index contributed by atoms with van der Waals surface area (Å²) in [5.74, 6) is -1.22. The predicted octanol–water partition coefficient (Wildman–Crippen LogP) is 4.05. The number of ether oxygens (including phenoxy) is 2. The molecular weight excluding hydrogens is 516 g/mol. The second-order valence-corrected chi connectivity index (χ2v) is 11.0. The number of sulfone groups is 1. The van der Waals surface area contributed by atoms with Gasteiger partial charge in [0.2, 0.25) is 15.0 Å². The number of nitrogens with one attached hydrogen (secondary N) is 1. The van der Waals surface area contributed by atoms with Crippen LogP contribution in [-0.2, 0) is 14.6 Å². The van der Waals surface area contributed by atoms with Crippen LogP contribution in [0.2, 0.25) is 0 Å². The van der Waals surface area contributed by atoms with Crippen LogP contribution in [0.5, 0.6) is 11.5 Å². The van der Waals surface area contributed by atoms with E-state index in [1.807, 2.05) is 6.92 Å². The smallest absolute Gasteiger partial charge is 0.343 e. The molecule has 10 nitrogen and oxygen atoms in total. The predicted molar refractivity (Wildman–Crippen MR) is 138 cm³/mol. The van der Waals surface area contributed by atoms with E-state index in [0.29, 0.717) is 22.7 Å². The molecule has 0 saturated carbocycles. The van der Waals surface area contributed by atoms with Crippen LogP contribution >= 0.6 is 11.5 Å². The number of esters is 1. The Labute approximate surface area is 218 Å². The van der Waals surface area contributed by atoms with Gasteiger partial charge >= 0.3 is 5.97 Å². The topological polar surface area (TPSA) is 148 Å². The van der Waals surface area contributed by atoms with Gasteiger partial charge in [0.05, 0.1) is 18.4 Å². The molecule has 1 heterocycles. The van der Waals surface area contributed by atoms with Gasteiger partial charge in [-0.15, -0.1) is 0 Å². The molecule has 0 radical (unpaired) electrons. The fourth-order valence-corrected chi connectivity index (χ4v) is 5.44. The minimum Gasteiger partial charge on any atom is -0.493 e. The van der Waals surface area contributed by atoms with E-state index < -0.39 is 21.7 Å². The molecule has 0 bridgehead atoms. The monoisotopic (exact) mass is 540 g/mol. The number of anilines is 1. The average Bonchev–Trinajstić information content (AvgIpc) is 3.32. The Morgan fingerprint density at radius 2 is 1.86 bits per heavy atom. The van der Waals surface area contributed by atoms with Crippen LogP contribution in [0.3, 0.4) is 0 Å². The molecule has 0 saturated heterocycles. The highest BCUT2D eigenvalue weighted by Gasteiger charge is 2.23. The normalized spacial score (nSPS) is 11.6. The summed E-state index contributed by atoms with van der Waals surface area (Å²) in [7, 11) is -2.29. The lowest BCUT2D eigenvalue weighted by Crippen LogP contribution is -2.15. The minimum atomic E-state index is -3.68. The number of aromatic nitrogens is 2. The van der Waals surface area contributed by atoms with Crippen LogP contribution in [-0.4, -0.2) is 42.5 Å². The number of hydrogen-bond donors (Lipinski definition) is 1. The van der Waals surface area contributed by atoms with E-state index in [-0.39, 0.29) is 39.0 Å². The highest BCUT2D eigenvalue weighted by molar-refractivity contribution is 7.91. The summed E-state index contributed by atoms with van der Waals surface area (Å²) in [5.41, 5.74) is 1.53. The van der Waals surface area contributed by atoms with Gasteiger partial charge in [0.15, 0.2) is 11.5 Å². The molecule has 0 atom stereocenters. The van der Waals surface area contributed by atoms with Gasteiger partial charge in [-0.3, -0.25) is 10.1 Å². The first-order valence-corrected chi connectivity index (χ1v) is 13.4. The summed E-state index contributed by atoms with van der Waals surface area (Å²) in [6, 6.07) is 13.2.